The van der Waals surface area contributed by atoms with Crippen molar-refractivity contribution in [1.82, 2.24) is 0 Å². The van der Waals surface area contributed by atoms with Crippen LogP contribution in [0.25, 0.3) is 0 Å². The molecule has 0 aliphatic carbocycles. The van der Waals surface area contributed by atoms with E-state index in [1.807, 2.05) is 0 Å². The molecule has 10 heavy (non-hydrogen) atoms. The predicted octanol–water partition coefficient (Wildman–Crippen LogP) is -0.639. The summed E-state index contributed by atoms with van der Waals surface area (Å²) in [6, 6.07) is 0. The Kier molecular flexibility index (Phi) is 3.10. The molecule has 0 bridgehead atoms. The van der Waals surface area contributed by atoms with Crippen LogP contribution < -0.4 is 0 Å². The number of aliphatic carboxylic acids is 2. The average Bonchev–Trinajstić information content (AvgIpc) is 1.81. The van der Waals surface area contributed by atoms with Gasteiger partial charge in [0.2, 0.25) is 0 Å². The van der Waals surface area contributed by atoms with Gasteiger partial charge >= 0.3 is 11.9 Å². The van der Waals surface area contributed by atoms with Gasteiger partial charge in [-0.2, -0.15) is 0 Å². The summed E-state index contributed by atoms with van der Waals surface area (Å²) in [6.45, 7) is 0. The Morgan fingerprint density at radius 2 is 1.90 bits per heavy atom. The molecule has 0 spiro atoms. The first-order valence-corrected chi connectivity index (χ1v) is 2.47. The number of hydrogen-bond acceptors (Lipinski definition) is 3. The lowest BCUT2D eigenvalue weighted by Gasteiger charge is -1.97. The van der Waals surface area contributed by atoms with Crippen molar-refractivity contribution >= 4 is 18.2 Å². The number of aldehydes is 1. The molecule has 1 atom stereocenters. The highest BCUT2D eigenvalue weighted by Gasteiger charge is 2.19. The first-order chi connectivity index (χ1) is 4.57. The lowest BCUT2D eigenvalue weighted by Crippen LogP contribution is -2.18. The molecule has 0 aliphatic rings. The normalized spacial score (nSPS) is 12.0. The molecular weight excluding hydrogens is 140 g/mol. The highest BCUT2D eigenvalue weighted by molar-refractivity contribution is 5.90. The van der Waals surface area contributed by atoms with Crippen molar-refractivity contribution in [2.24, 2.45) is 5.92 Å². The van der Waals surface area contributed by atoms with Gasteiger partial charge in [-0.3, -0.25) is 9.59 Å². The zero-order valence-electron chi connectivity index (χ0n) is 4.98. The van der Waals surface area contributed by atoms with Crippen molar-refractivity contribution in [1.29, 1.82) is 0 Å². The van der Waals surface area contributed by atoms with Crippen molar-refractivity contribution < 1.29 is 24.6 Å². The Balaban J connectivity index is 3.96. The van der Waals surface area contributed by atoms with E-state index in [4.69, 9.17) is 10.2 Å². The van der Waals surface area contributed by atoms with Gasteiger partial charge in [0.05, 0.1) is 6.42 Å². The molecule has 5 nitrogen and oxygen atoms in total. The fourth-order valence-electron chi connectivity index (χ4n) is 0.382. The maximum Gasteiger partial charge on any atom is 0.314 e. The van der Waals surface area contributed by atoms with E-state index in [1.165, 1.54) is 0 Å². The monoisotopic (exact) mass is 146 g/mol. The SMILES string of the molecule is O=CC(CC(=O)O)C(=O)O. The molecule has 0 saturated carbocycles. The molecule has 0 aliphatic heterocycles. The van der Waals surface area contributed by atoms with Gasteiger partial charge in [-0.15, -0.1) is 0 Å². The Bertz CT molecular complexity index is 161. The smallest absolute Gasteiger partial charge is 0.314 e. The molecule has 5 heteroatoms. The number of carboxylic acid groups (broad SMARTS) is 2. The molecule has 0 heterocycles. The fourth-order valence-corrected chi connectivity index (χ4v) is 0.382. The summed E-state index contributed by atoms with van der Waals surface area (Å²) < 4.78 is 0. The van der Waals surface area contributed by atoms with Crippen LogP contribution in [-0.4, -0.2) is 28.4 Å². The summed E-state index contributed by atoms with van der Waals surface area (Å²) >= 11 is 0. The lowest BCUT2D eigenvalue weighted by molar-refractivity contribution is -0.149. The second-order valence-electron chi connectivity index (χ2n) is 1.68. The Morgan fingerprint density at radius 3 is 2.00 bits per heavy atom. The van der Waals surface area contributed by atoms with Crippen molar-refractivity contribution in [2.45, 2.75) is 6.42 Å². The number of carbonyl (C=O) groups is 3. The van der Waals surface area contributed by atoms with Gasteiger partial charge in [0, 0.05) is 0 Å². The standard InChI is InChI=1S/C5H6O5/c6-2-3(5(9)10)1-4(7)8/h2-3H,1H2,(H,7,8)(H,9,10). The van der Waals surface area contributed by atoms with Crippen molar-refractivity contribution in [3.05, 3.63) is 0 Å². The van der Waals surface area contributed by atoms with Crippen LogP contribution in [0.5, 0.6) is 0 Å². The molecule has 0 aromatic heterocycles. The largest absolute Gasteiger partial charge is 0.481 e. The second kappa shape index (κ2) is 3.60. The third kappa shape index (κ3) is 2.81. The molecule has 0 fully saturated rings. The van der Waals surface area contributed by atoms with Gasteiger partial charge in [-0.05, 0) is 0 Å². The maximum absolute atomic E-state index is 9.97. The molecule has 0 aromatic carbocycles. The maximum atomic E-state index is 9.97. The fraction of sp³-hybridized carbons (Fsp3) is 0.400. The highest BCUT2D eigenvalue weighted by atomic mass is 16.4. The molecule has 0 amide bonds. The van der Waals surface area contributed by atoms with E-state index >= 15 is 0 Å². The first-order valence-electron chi connectivity index (χ1n) is 2.47. The van der Waals surface area contributed by atoms with E-state index in [1.54, 1.807) is 0 Å². The van der Waals surface area contributed by atoms with E-state index in [-0.39, 0.29) is 6.29 Å². The molecule has 0 aromatic rings. The van der Waals surface area contributed by atoms with Gasteiger partial charge < -0.3 is 15.0 Å². The molecule has 1 unspecified atom stereocenters. The molecule has 0 saturated heterocycles. The summed E-state index contributed by atoms with van der Waals surface area (Å²) in [7, 11) is 0. The minimum absolute atomic E-state index is 0.108. The van der Waals surface area contributed by atoms with E-state index in [0.717, 1.165) is 0 Å². The minimum atomic E-state index is -1.42. The Labute approximate surface area is 56.3 Å². The predicted molar refractivity (Wildman–Crippen MR) is 29.4 cm³/mol. The van der Waals surface area contributed by atoms with E-state index < -0.39 is 24.3 Å². The van der Waals surface area contributed by atoms with Gasteiger partial charge in [0.1, 0.15) is 12.2 Å². The van der Waals surface area contributed by atoms with Crippen LogP contribution in [0.2, 0.25) is 0 Å². The zero-order valence-corrected chi connectivity index (χ0v) is 4.98. The third-order valence-electron chi connectivity index (χ3n) is 0.876. The van der Waals surface area contributed by atoms with Crippen molar-refractivity contribution in [3.63, 3.8) is 0 Å². The van der Waals surface area contributed by atoms with Crippen LogP contribution in [0, 0.1) is 5.92 Å². The summed E-state index contributed by atoms with van der Waals surface area (Å²) in [5.74, 6) is -4.12. The van der Waals surface area contributed by atoms with Gasteiger partial charge in [-0.25, -0.2) is 0 Å². The Hall–Kier alpha value is -1.39. The van der Waals surface area contributed by atoms with Crippen LogP contribution in [0.3, 0.4) is 0 Å². The van der Waals surface area contributed by atoms with Crippen molar-refractivity contribution in [2.75, 3.05) is 0 Å². The summed E-state index contributed by atoms with van der Waals surface area (Å²) in [5, 5.41) is 16.2. The molecule has 0 rings (SSSR count). The van der Waals surface area contributed by atoms with Crippen molar-refractivity contribution in [3.8, 4) is 0 Å². The average molecular weight is 146 g/mol. The van der Waals surface area contributed by atoms with Gasteiger partial charge in [-0.1, -0.05) is 0 Å². The van der Waals surface area contributed by atoms with E-state index in [0.29, 0.717) is 0 Å². The van der Waals surface area contributed by atoms with E-state index in [9.17, 15) is 14.4 Å². The molecule has 56 valence electrons. The Morgan fingerprint density at radius 1 is 1.40 bits per heavy atom. The quantitative estimate of drug-likeness (QED) is 0.406. The number of carboxylic acids is 2. The lowest BCUT2D eigenvalue weighted by atomic mass is 10.1. The van der Waals surface area contributed by atoms with E-state index in [2.05, 4.69) is 0 Å². The van der Waals surface area contributed by atoms with Crippen LogP contribution in [0.4, 0.5) is 0 Å². The van der Waals surface area contributed by atoms with Crippen LogP contribution in [0.1, 0.15) is 6.42 Å². The van der Waals surface area contributed by atoms with Crippen LogP contribution >= 0.6 is 0 Å². The first kappa shape index (κ1) is 8.61. The van der Waals surface area contributed by atoms with Gasteiger partial charge in [0.15, 0.2) is 0 Å². The highest BCUT2D eigenvalue weighted by Crippen LogP contribution is 1.98. The molecule has 2 N–H and O–H groups in total. The number of rotatable bonds is 4. The topological polar surface area (TPSA) is 91.7 Å². The second-order valence-corrected chi connectivity index (χ2v) is 1.68. The minimum Gasteiger partial charge on any atom is -0.481 e. The molecular formula is C5H6O5. The van der Waals surface area contributed by atoms with Crippen LogP contribution in [0.15, 0.2) is 0 Å². The number of carbonyl (C=O) groups excluding carboxylic acids is 1. The third-order valence-corrected chi connectivity index (χ3v) is 0.876. The summed E-state index contributed by atoms with van der Waals surface area (Å²) in [4.78, 5) is 29.7. The zero-order chi connectivity index (χ0) is 8.15. The molecule has 0 radical (unpaired) electrons. The number of hydrogen-bond donors (Lipinski definition) is 2. The summed E-state index contributed by atoms with van der Waals surface area (Å²) in [6.07, 6.45) is -0.546. The van der Waals surface area contributed by atoms with Gasteiger partial charge in [0.25, 0.3) is 0 Å². The van der Waals surface area contributed by atoms with Crippen LogP contribution in [-0.2, 0) is 14.4 Å². The summed E-state index contributed by atoms with van der Waals surface area (Å²) in [5.41, 5.74) is 0.